The maximum atomic E-state index is 5.15. The van der Waals surface area contributed by atoms with Crippen LogP contribution in [0.4, 0.5) is 0 Å². The van der Waals surface area contributed by atoms with Crippen molar-refractivity contribution in [3.63, 3.8) is 0 Å². The van der Waals surface area contributed by atoms with E-state index in [4.69, 9.17) is 9.72 Å². The third-order valence-electron chi connectivity index (χ3n) is 3.81. The van der Waals surface area contributed by atoms with Crippen LogP contribution < -0.4 is 5.32 Å². The van der Waals surface area contributed by atoms with Gasteiger partial charge in [-0.05, 0) is 31.9 Å². The van der Waals surface area contributed by atoms with Crippen LogP contribution in [0.5, 0.6) is 0 Å². The summed E-state index contributed by atoms with van der Waals surface area (Å²) in [6.45, 7) is 0.663. The molecule has 0 aliphatic heterocycles. The van der Waals surface area contributed by atoms with Crippen molar-refractivity contribution in [3.05, 3.63) is 40.4 Å². The molecule has 0 amide bonds. The number of nitrogens with one attached hydrogen (secondary N) is 1. The molecule has 0 spiro atoms. The molecule has 2 aromatic rings. The molecule has 20 heavy (non-hydrogen) atoms. The lowest BCUT2D eigenvalue weighted by Gasteiger charge is -2.19. The molecule has 1 atom stereocenters. The molecule has 3 nitrogen and oxygen atoms in total. The van der Waals surface area contributed by atoms with Gasteiger partial charge < -0.3 is 10.1 Å². The SMILES string of the molecule is CNC1CCCc2sc(-c3ccc(COC)cc3)nc21. The molecule has 1 heterocycles. The Kier molecular flexibility index (Phi) is 4.15. The van der Waals surface area contributed by atoms with Gasteiger partial charge in [0.1, 0.15) is 5.01 Å². The van der Waals surface area contributed by atoms with Crippen LogP contribution in [0.2, 0.25) is 0 Å². The van der Waals surface area contributed by atoms with Crippen LogP contribution in [0.15, 0.2) is 24.3 Å². The highest BCUT2D eigenvalue weighted by Gasteiger charge is 2.23. The first kappa shape index (κ1) is 13.7. The van der Waals surface area contributed by atoms with Gasteiger partial charge in [0.05, 0.1) is 18.3 Å². The third kappa shape index (κ3) is 2.64. The number of benzene rings is 1. The van der Waals surface area contributed by atoms with E-state index in [-0.39, 0.29) is 0 Å². The highest BCUT2D eigenvalue weighted by Crippen LogP contribution is 2.36. The molecule has 1 aromatic carbocycles. The second-order valence-corrected chi connectivity index (χ2v) is 6.27. The van der Waals surface area contributed by atoms with Crippen molar-refractivity contribution in [2.45, 2.75) is 31.9 Å². The molecule has 1 aromatic heterocycles. The highest BCUT2D eigenvalue weighted by molar-refractivity contribution is 7.15. The lowest BCUT2D eigenvalue weighted by Crippen LogP contribution is -2.21. The highest BCUT2D eigenvalue weighted by atomic mass is 32.1. The molecule has 0 saturated heterocycles. The zero-order valence-electron chi connectivity index (χ0n) is 12.0. The van der Waals surface area contributed by atoms with Gasteiger partial charge in [-0.2, -0.15) is 0 Å². The van der Waals surface area contributed by atoms with Gasteiger partial charge >= 0.3 is 0 Å². The largest absolute Gasteiger partial charge is 0.380 e. The number of nitrogens with zero attached hydrogens (tertiary/aromatic N) is 1. The Balaban J connectivity index is 1.89. The number of rotatable bonds is 4. The number of aromatic nitrogens is 1. The van der Waals surface area contributed by atoms with Crippen molar-refractivity contribution in [2.75, 3.05) is 14.2 Å². The summed E-state index contributed by atoms with van der Waals surface area (Å²) in [6, 6.07) is 8.96. The van der Waals surface area contributed by atoms with Crippen LogP contribution in [0, 0.1) is 0 Å². The van der Waals surface area contributed by atoms with E-state index in [2.05, 4.69) is 29.6 Å². The van der Waals surface area contributed by atoms with Gasteiger partial charge in [-0.1, -0.05) is 24.3 Å². The molecule has 1 aliphatic rings. The summed E-state index contributed by atoms with van der Waals surface area (Å²) in [5.74, 6) is 0. The first-order valence-electron chi connectivity index (χ1n) is 7.07. The van der Waals surface area contributed by atoms with Gasteiger partial charge in [-0.15, -0.1) is 11.3 Å². The average molecular weight is 288 g/mol. The van der Waals surface area contributed by atoms with Crippen molar-refractivity contribution < 1.29 is 4.74 Å². The van der Waals surface area contributed by atoms with Crippen molar-refractivity contribution in [1.29, 1.82) is 0 Å². The summed E-state index contributed by atoms with van der Waals surface area (Å²) in [5.41, 5.74) is 3.67. The molecule has 0 saturated carbocycles. The fourth-order valence-corrected chi connectivity index (χ4v) is 3.90. The lowest BCUT2D eigenvalue weighted by molar-refractivity contribution is 0.185. The summed E-state index contributed by atoms with van der Waals surface area (Å²) in [4.78, 5) is 6.32. The van der Waals surface area contributed by atoms with Crippen molar-refractivity contribution >= 4 is 11.3 Å². The van der Waals surface area contributed by atoms with Gasteiger partial charge in [0.2, 0.25) is 0 Å². The maximum absolute atomic E-state index is 5.15. The normalized spacial score (nSPS) is 18.0. The fraction of sp³-hybridized carbons (Fsp3) is 0.438. The van der Waals surface area contributed by atoms with Gasteiger partial charge in [0.15, 0.2) is 0 Å². The van der Waals surface area contributed by atoms with E-state index in [0.717, 1.165) is 5.01 Å². The van der Waals surface area contributed by atoms with Crippen LogP contribution in [-0.4, -0.2) is 19.1 Å². The van der Waals surface area contributed by atoms with Crippen LogP contribution in [0.25, 0.3) is 10.6 Å². The molecule has 0 radical (unpaired) electrons. The van der Waals surface area contributed by atoms with Crippen molar-refractivity contribution in [1.82, 2.24) is 10.3 Å². The number of methoxy groups -OCH3 is 1. The van der Waals surface area contributed by atoms with E-state index >= 15 is 0 Å². The summed E-state index contributed by atoms with van der Waals surface area (Å²) in [5, 5.41) is 4.52. The first-order valence-corrected chi connectivity index (χ1v) is 7.88. The predicted octanol–water partition coefficient (Wildman–Crippen LogP) is 3.55. The predicted molar refractivity (Wildman–Crippen MR) is 83.0 cm³/mol. The molecule has 0 fully saturated rings. The Labute approximate surface area is 124 Å². The zero-order valence-corrected chi connectivity index (χ0v) is 12.8. The smallest absolute Gasteiger partial charge is 0.123 e. The molecular formula is C16H20N2OS. The van der Waals surface area contributed by atoms with E-state index in [9.17, 15) is 0 Å². The Morgan fingerprint density at radius 2 is 2.15 bits per heavy atom. The van der Waals surface area contributed by atoms with E-state index < -0.39 is 0 Å². The Bertz CT molecular complexity index is 577. The van der Waals surface area contributed by atoms with Gasteiger partial charge in [-0.25, -0.2) is 4.98 Å². The Morgan fingerprint density at radius 1 is 1.35 bits per heavy atom. The fourth-order valence-electron chi connectivity index (χ4n) is 2.73. The second-order valence-electron chi connectivity index (χ2n) is 5.19. The zero-order chi connectivity index (χ0) is 13.9. The number of hydrogen-bond acceptors (Lipinski definition) is 4. The topological polar surface area (TPSA) is 34.1 Å². The van der Waals surface area contributed by atoms with E-state index in [1.807, 2.05) is 18.4 Å². The van der Waals surface area contributed by atoms with Crippen molar-refractivity contribution in [3.8, 4) is 10.6 Å². The van der Waals surface area contributed by atoms with Crippen LogP contribution in [-0.2, 0) is 17.8 Å². The molecule has 106 valence electrons. The number of thiazole rings is 1. The molecule has 3 rings (SSSR count). The minimum atomic E-state index is 0.427. The number of hydrogen-bond donors (Lipinski definition) is 1. The average Bonchev–Trinajstić information content (AvgIpc) is 2.92. The van der Waals surface area contributed by atoms with Crippen LogP contribution in [0.3, 0.4) is 0 Å². The third-order valence-corrected chi connectivity index (χ3v) is 4.99. The molecule has 1 aliphatic carbocycles. The minimum Gasteiger partial charge on any atom is -0.380 e. The quantitative estimate of drug-likeness (QED) is 0.934. The Hall–Kier alpha value is -1.23. The molecular weight excluding hydrogens is 268 g/mol. The Morgan fingerprint density at radius 3 is 2.85 bits per heavy atom. The van der Waals surface area contributed by atoms with E-state index in [1.54, 1.807) is 7.11 Å². The standard InChI is InChI=1S/C16H20N2OS/c1-17-13-4-3-5-14-15(13)18-16(20-14)12-8-6-11(7-9-12)10-19-2/h6-9,13,17H,3-5,10H2,1-2H3. The number of aryl methyl sites for hydroxylation is 1. The summed E-state index contributed by atoms with van der Waals surface area (Å²) < 4.78 is 5.15. The molecule has 0 bridgehead atoms. The monoisotopic (exact) mass is 288 g/mol. The van der Waals surface area contributed by atoms with Crippen molar-refractivity contribution in [2.24, 2.45) is 0 Å². The van der Waals surface area contributed by atoms with Gasteiger partial charge in [0, 0.05) is 17.6 Å². The molecule has 1 N–H and O–H groups in total. The lowest BCUT2D eigenvalue weighted by atomic mass is 9.98. The molecule has 1 unspecified atom stereocenters. The maximum Gasteiger partial charge on any atom is 0.123 e. The van der Waals surface area contributed by atoms with Gasteiger partial charge in [-0.3, -0.25) is 0 Å². The van der Waals surface area contributed by atoms with Crippen LogP contribution in [0.1, 0.15) is 35.0 Å². The van der Waals surface area contributed by atoms with Gasteiger partial charge in [0.25, 0.3) is 0 Å². The second kappa shape index (κ2) is 6.04. The minimum absolute atomic E-state index is 0.427. The molecule has 4 heteroatoms. The van der Waals surface area contributed by atoms with Crippen LogP contribution >= 0.6 is 11.3 Å². The summed E-state index contributed by atoms with van der Waals surface area (Å²) in [6.07, 6.45) is 3.62. The summed E-state index contributed by atoms with van der Waals surface area (Å²) in [7, 11) is 3.75. The number of fused-ring (bicyclic) bond motifs is 1. The van der Waals surface area contributed by atoms with E-state index in [1.165, 1.54) is 41.0 Å². The number of ether oxygens (including phenoxy) is 1. The summed E-state index contributed by atoms with van der Waals surface area (Å²) >= 11 is 1.84. The van der Waals surface area contributed by atoms with E-state index in [0.29, 0.717) is 12.6 Å². The first-order chi connectivity index (χ1) is 9.81.